The van der Waals surface area contributed by atoms with Gasteiger partial charge in [0.2, 0.25) is 0 Å². The maximum Gasteiger partial charge on any atom is 0.289 e. The van der Waals surface area contributed by atoms with E-state index in [0.29, 0.717) is 17.6 Å². The van der Waals surface area contributed by atoms with Crippen LogP contribution < -0.4 is 4.74 Å². The second-order valence-corrected chi connectivity index (χ2v) is 9.42. The summed E-state index contributed by atoms with van der Waals surface area (Å²) in [6.07, 6.45) is 11.9. The van der Waals surface area contributed by atoms with Crippen molar-refractivity contribution in [2.75, 3.05) is 52.9 Å². The average molecular weight is 418 g/mol. The lowest BCUT2D eigenvalue weighted by Crippen LogP contribution is -2.47. The van der Waals surface area contributed by atoms with Gasteiger partial charge in [0, 0.05) is 38.3 Å². The first-order valence-electron chi connectivity index (χ1n) is 12.1. The highest BCUT2D eigenvalue weighted by Gasteiger charge is 2.30. The molecule has 168 valence electrons. The van der Waals surface area contributed by atoms with Gasteiger partial charge in [0.1, 0.15) is 0 Å². The van der Waals surface area contributed by atoms with Gasteiger partial charge in [-0.1, -0.05) is 19.3 Å². The molecule has 1 amide bonds. The molecule has 0 bridgehead atoms. The minimum atomic E-state index is 0.00768. The van der Waals surface area contributed by atoms with E-state index in [0.717, 1.165) is 45.3 Å². The van der Waals surface area contributed by atoms with Gasteiger partial charge >= 0.3 is 0 Å². The van der Waals surface area contributed by atoms with Crippen LogP contribution in [0.15, 0.2) is 16.5 Å². The van der Waals surface area contributed by atoms with Gasteiger partial charge in [0.25, 0.3) is 11.9 Å². The highest BCUT2D eigenvalue weighted by Crippen LogP contribution is 2.28. The zero-order chi connectivity index (χ0) is 20.8. The van der Waals surface area contributed by atoms with Crippen molar-refractivity contribution in [1.82, 2.24) is 14.7 Å². The first-order valence-corrected chi connectivity index (χ1v) is 12.1. The van der Waals surface area contributed by atoms with Gasteiger partial charge in [-0.3, -0.25) is 4.79 Å². The zero-order valence-electron chi connectivity index (χ0n) is 18.7. The van der Waals surface area contributed by atoms with Crippen molar-refractivity contribution in [1.29, 1.82) is 0 Å². The van der Waals surface area contributed by atoms with E-state index in [4.69, 9.17) is 9.15 Å². The number of methoxy groups -OCH3 is 1. The van der Waals surface area contributed by atoms with Crippen LogP contribution in [0, 0.1) is 5.92 Å². The fourth-order valence-corrected chi connectivity index (χ4v) is 5.58. The molecule has 1 aliphatic carbocycles. The van der Waals surface area contributed by atoms with Gasteiger partial charge < -0.3 is 23.9 Å². The summed E-state index contributed by atoms with van der Waals surface area (Å²) in [6.45, 7) is 7.27. The lowest BCUT2D eigenvalue weighted by Gasteiger charge is -2.39. The molecule has 1 aromatic rings. The van der Waals surface area contributed by atoms with Crippen LogP contribution in [0.4, 0.5) is 0 Å². The second-order valence-electron chi connectivity index (χ2n) is 9.42. The van der Waals surface area contributed by atoms with E-state index < -0.39 is 0 Å². The molecule has 3 aliphatic rings. The van der Waals surface area contributed by atoms with Crippen molar-refractivity contribution in [3.05, 3.63) is 17.9 Å². The largest absolute Gasteiger partial charge is 0.468 e. The van der Waals surface area contributed by atoms with E-state index in [2.05, 4.69) is 14.7 Å². The lowest BCUT2D eigenvalue weighted by atomic mass is 9.95. The van der Waals surface area contributed by atoms with Crippen LogP contribution in [0.2, 0.25) is 0 Å². The van der Waals surface area contributed by atoms with Crippen LogP contribution in [-0.4, -0.2) is 79.6 Å². The summed E-state index contributed by atoms with van der Waals surface area (Å²) >= 11 is 0. The van der Waals surface area contributed by atoms with Crippen molar-refractivity contribution in [3.63, 3.8) is 0 Å². The number of hydrogen-bond donors (Lipinski definition) is 0. The minimum absolute atomic E-state index is 0.00768. The van der Waals surface area contributed by atoms with Gasteiger partial charge in [-0.15, -0.1) is 0 Å². The fraction of sp³-hybridized carbons (Fsp3) is 0.792. The van der Waals surface area contributed by atoms with E-state index in [1.54, 1.807) is 19.2 Å². The van der Waals surface area contributed by atoms with E-state index >= 15 is 0 Å². The second kappa shape index (κ2) is 10.7. The Bertz CT molecular complexity index is 664. The number of ether oxygens (including phenoxy) is 1. The van der Waals surface area contributed by atoms with Crippen molar-refractivity contribution >= 4 is 5.91 Å². The Morgan fingerprint density at radius 3 is 2.60 bits per heavy atom. The summed E-state index contributed by atoms with van der Waals surface area (Å²) in [7, 11) is 1.57. The molecule has 3 heterocycles. The van der Waals surface area contributed by atoms with E-state index in [-0.39, 0.29) is 5.91 Å². The zero-order valence-corrected chi connectivity index (χ0v) is 18.7. The Hall–Kier alpha value is -1.53. The molecular weight excluding hydrogens is 378 g/mol. The molecule has 2 saturated heterocycles. The van der Waals surface area contributed by atoms with Crippen LogP contribution in [-0.2, 0) is 0 Å². The van der Waals surface area contributed by atoms with Gasteiger partial charge in [0.15, 0.2) is 5.76 Å². The smallest absolute Gasteiger partial charge is 0.289 e. The SMILES string of the molecule is COc1ccc(C(=O)N(CCN2CCCCC2)C[C@H]2CCCN(C3CCCC3)C2)o1. The predicted molar refractivity (Wildman–Crippen MR) is 118 cm³/mol. The van der Waals surface area contributed by atoms with Gasteiger partial charge in [-0.25, -0.2) is 0 Å². The summed E-state index contributed by atoms with van der Waals surface area (Å²) in [5, 5.41) is 0. The normalized spacial score (nSPS) is 24.2. The third-order valence-electron chi connectivity index (χ3n) is 7.29. The van der Waals surface area contributed by atoms with Gasteiger partial charge in [-0.05, 0) is 70.1 Å². The Morgan fingerprint density at radius 1 is 1.07 bits per heavy atom. The molecule has 1 aromatic heterocycles. The molecule has 30 heavy (non-hydrogen) atoms. The highest BCUT2D eigenvalue weighted by molar-refractivity contribution is 5.91. The van der Waals surface area contributed by atoms with Crippen LogP contribution in [0.5, 0.6) is 5.95 Å². The molecule has 6 heteroatoms. The lowest BCUT2D eigenvalue weighted by molar-refractivity contribution is 0.0577. The maximum atomic E-state index is 13.3. The summed E-state index contributed by atoms with van der Waals surface area (Å²) in [5.41, 5.74) is 0. The Labute approximate surface area is 181 Å². The molecule has 1 atom stereocenters. The number of nitrogens with zero attached hydrogens (tertiary/aromatic N) is 3. The number of carbonyl (C=O) groups is 1. The van der Waals surface area contributed by atoms with Crippen LogP contribution in [0.3, 0.4) is 0 Å². The minimum Gasteiger partial charge on any atom is -0.468 e. The Balaban J connectivity index is 1.39. The standard InChI is InChI=1S/C24H39N3O3/c1-29-23-12-11-22(30-23)24(28)27(17-16-25-13-5-2-6-14-25)19-20-8-7-15-26(18-20)21-9-3-4-10-21/h11-12,20-21H,2-10,13-19H2,1H3/t20-/m0/s1. The summed E-state index contributed by atoms with van der Waals surface area (Å²) in [5.74, 6) is 1.36. The quantitative estimate of drug-likeness (QED) is 0.643. The molecule has 6 nitrogen and oxygen atoms in total. The van der Waals surface area contributed by atoms with E-state index in [1.165, 1.54) is 64.3 Å². The summed E-state index contributed by atoms with van der Waals surface area (Å²) in [6, 6.07) is 4.26. The monoisotopic (exact) mass is 417 g/mol. The number of piperidine rings is 2. The summed E-state index contributed by atoms with van der Waals surface area (Å²) in [4.78, 5) is 20.6. The first-order chi connectivity index (χ1) is 14.7. The van der Waals surface area contributed by atoms with Crippen molar-refractivity contribution in [2.45, 2.75) is 63.8 Å². The van der Waals surface area contributed by atoms with Crippen molar-refractivity contribution in [3.8, 4) is 5.95 Å². The van der Waals surface area contributed by atoms with Gasteiger partial charge in [-0.2, -0.15) is 0 Å². The molecule has 0 radical (unpaired) electrons. The number of furan rings is 1. The molecule has 2 aliphatic heterocycles. The molecule has 1 saturated carbocycles. The fourth-order valence-electron chi connectivity index (χ4n) is 5.58. The first kappa shape index (κ1) is 21.7. The number of likely N-dealkylation sites (tertiary alicyclic amines) is 2. The third kappa shape index (κ3) is 5.58. The van der Waals surface area contributed by atoms with Crippen molar-refractivity contribution < 1.29 is 13.9 Å². The van der Waals surface area contributed by atoms with Crippen LogP contribution in [0.1, 0.15) is 68.3 Å². The molecule has 0 spiro atoms. The van der Waals surface area contributed by atoms with E-state index in [9.17, 15) is 4.79 Å². The average Bonchev–Trinajstić information content (AvgIpc) is 3.49. The molecule has 0 N–H and O–H groups in total. The third-order valence-corrected chi connectivity index (χ3v) is 7.29. The number of hydrogen-bond acceptors (Lipinski definition) is 5. The Kier molecular flexibility index (Phi) is 7.72. The topological polar surface area (TPSA) is 49.2 Å². The van der Waals surface area contributed by atoms with E-state index in [1.807, 2.05) is 0 Å². The molecule has 0 unspecified atom stereocenters. The molecule has 3 fully saturated rings. The summed E-state index contributed by atoms with van der Waals surface area (Å²) < 4.78 is 10.8. The highest BCUT2D eigenvalue weighted by atomic mass is 16.6. The number of rotatable bonds is 8. The number of carbonyl (C=O) groups excluding carboxylic acids is 1. The van der Waals surface area contributed by atoms with Gasteiger partial charge in [0.05, 0.1) is 7.11 Å². The maximum absolute atomic E-state index is 13.3. The van der Waals surface area contributed by atoms with Crippen molar-refractivity contribution in [2.24, 2.45) is 5.92 Å². The Morgan fingerprint density at radius 2 is 1.87 bits per heavy atom. The number of amides is 1. The van der Waals surface area contributed by atoms with Crippen LogP contribution >= 0.6 is 0 Å². The molecule has 0 aromatic carbocycles. The molecule has 4 rings (SSSR count). The molecular formula is C24H39N3O3. The predicted octanol–water partition coefficient (Wildman–Crippen LogP) is 3.87. The van der Waals surface area contributed by atoms with Crippen LogP contribution in [0.25, 0.3) is 0 Å².